The Labute approximate surface area is 105 Å². The Balaban J connectivity index is 2.39. The second kappa shape index (κ2) is 4.36. The largest absolute Gasteiger partial charge is 0.480 e. The number of carbonyl (C=O) groups is 1. The minimum Gasteiger partial charge on any atom is -0.480 e. The lowest BCUT2D eigenvalue weighted by Crippen LogP contribution is -2.42. The first-order valence-corrected chi connectivity index (χ1v) is 7.04. The van der Waals surface area contributed by atoms with Crippen molar-refractivity contribution in [2.45, 2.75) is 31.3 Å². The van der Waals surface area contributed by atoms with E-state index in [1.807, 2.05) is 0 Å². The van der Waals surface area contributed by atoms with Crippen LogP contribution in [0.3, 0.4) is 0 Å². The molecule has 1 fully saturated rings. The fraction of sp³-hybridized carbons (Fsp3) is 0.600. The number of carboxylic acid groups (broad SMARTS) is 1. The zero-order valence-corrected chi connectivity index (χ0v) is 10.9. The minimum atomic E-state index is -3.81. The van der Waals surface area contributed by atoms with Crippen molar-refractivity contribution in [1.29, 1.82) is 0 Å². The third-order valence-electron chi connectivity index (χ3n) is 3.17. The Kier molecular flexibility index (Phi) is 3.16. The molecule has 1 saturated heterocycles. The van der Waals surface area contributed by atoms with Gasteiger partial charge < -0.3 is 10.1 Å². The molecule has 1 aliphatic heterocycles. The van der Waals surface area contributed by atoms with E-state index in [1.165, 1.54) is 6.20 Å². The Morgan fingerprint density at radius 1 is 1.61 bits per heavy atom. The summed E-state index contributed by atoms with van der Waals surface area (Å²) in [5.74, 6) is -0.825. The standard InChI is InChI=1S/C10H15N3O4S/c1-6-3-4-13(9(6)10(14)15)18(16,17)8-5-11-7(2)12-8/h5-6,9H,3-4H2,1-2H3,(H,11,12)(H,14,15). The normalized spacial score (nSPS) is 25.4. The van der Waals surface area contributed by atoms with Gasteiger partial charge in [-0.15, -0.1) is 0 Å². The second-order valence-corrected chi connectivity index (χ2v) is 6.36. The molecular weight excluding hydrogens is 258 g/mol. The minimum absolute atomic E-state index is 0.0552. The van der Waals surface area contributed by atoms with Crippen molar-refractivity contribution in [3.05, 3.63) is 12.0 Å². The first-order chi connectivity index (χ1) is 8.34. The number of aryl methyl sites for hydroxylation is 1. The first kappa shape index (κ1) is 13.0. The molecule has 2 unspecified atom stereocenters. The van der Waals surface area contributed by atoms with E-state index in [0.717, 1.165) is 4.31 Å². The molecule has 0 aliphatic carbocycles. The van der Waals surface area contributed by atoms with E-state index in [4.69, 9.17) is 5.11 Å². The fourth-order valence-corrected chi connectivity index (χ4v) is 3.86. The number of hydrogen-bond acceptors (Lipinski definition) is 4. The molecule has 0 radical (unpaired) electrons. The maximum atomic E-state index is 12.3. The van der Waals surface area contributed by atoms with Crippen molar-refractivity contribution in [1.82, 2.24) is 14.3 Å². The first-order valence-electron chi connectivity index (χ1n) is 5.60. The molecule has 100 valence electrons. The third-order valence-corrected chi connectivity index (χ3v) is 4.96. The van der Waals surface area contributed by atoms with Crippen LogP contribution in [0.2, 0.25) is 0 Å². The molecule has 0 saturated carbocycles. The van der Waals surface area contributed by atoms with Gasteiger partial charge in [0.1, 0.15) is 11.9 Å². The van der Waals surface area contributed by atoms with Crippen molar-refractivity contribution in [2.24, 2.45) is 5.92 Å². The summed E-state index contributed by atoms with van der Waals surface area (Å²) in [5.41, 5.74) is 0. The molecule has 0 aromatic carbocycles. The number of aromatic nitrogens is 2. The Morgan fingerprint density at radius 3 is 2.78 bits per heavy atom. The van der Waals surface area contributed by atoms with Crippen molar-refractivity contribution < 1.29 is 18.3 Å². The van der Waals surface area contributed by atoms with E-state index in [9.17, 15) is 13.2 Å². The molecular formula is C10H15N3O4S. The number of imidazole rings is 1. The van der Waals surface area contributed by atoms with Gasteiger partial charge in [-0.2, -0.15) is 4.31 Å². The Morgan fingerprint density at radius 2 is 2.28 bits per heavy atom. The van der Waals surface area contributed by atoms with Gasteiger partial charge >= 0.3 is 5.97 Å². The van der Waals surface area contributed by atoms with Crippen LogP contribution in [-0.4, -0.2) is 46.4 Å². The Bertz CT molecular complexity index is 565. The van der Waals surface area contributed by atoms with E-state index in [2.05, 4.69) is 9.97 Å². The average molecular weight is 273 g/mol. The number of rotatable bonds is 3. The number of carboxylic acids is 1. The van der Waals surface area contributed by atoms with Crippen LogP contribution >= 0.6 is 0 Å². The van der Waals surface area contributed by atoms with E-state index in [-0.39, 0.29) is 17.5 Å². The zero-order chi connectivity index (χ0) is 13.5. The molecule has 1 aromatic heterocycles. The van der Waals surface area contributed by atoms with Crippen molar-refractivity contribution in [3.63, 3.8) is 0 Å². The maximum absolute atomic E-state index is 12.3. The molecule has 0 amide bonds. The lowest BCUT2D eigenvalue weighted by molar-refractivity contribution is -0.141. The molecule has 2 atom stereocenters. The second-order valence-electron chi connectivity index (χ2n) is 4.50. The number of aromatic amines is 1. The van der Waals surface area contributed by atoms with E-state index >= 15 is 0 Å². The molecule has 7 nitrogen and oxygen atoms in total. The molecule has 1 aliphatic rings. The van der Waals surface area contributed by atoms with Gasteiger partial charge in [0, 0.05) is 6.54 Å². The fourth-order valence-electron chi connectivity index (χ4n) is 2.20. The third kappa shape index (κ3) is 2.01. The number of H-pyrrole nitrogens is 1. The highest BCUT2D eigenvalue weighted by Crippen LogP contribution is 2.29. The summed E-state index contributed by atoms with van der Waals surface area (Å²) < 4.78 is 25.6. The van der Waals surface area contributed by atoms with Gasteiger partial charge in [0.05, 0.1) is 6.20 Å². The molecule has 0 spiro atoms. The van der Waals surface area contributed by atoms with Crippen LogP contribution in [0, 0.1) is 12.8 Å². The van der Waals surface area contributed by atoms with Gasteiger partial charge in [-0.3, -0.25) is 4.79 Å². The summed E-state index contributed by atoms with van der Waals surface area (Å²) in [4.78, 5) is 17.6. The van der Waals surface area contributed by atoms with Crippen LogP contribution in [0.4, 0.5) is 0 Å². The number of sulfonamides is 1. The number of aliphatic carboxylic acids is 1. The van der Waals surface area contributed by atoms with E-state index in [0.29, 0.717) is 12.2 Å². The van der Waals surface area contributed by atoms with Crippen molar-refractivity contribution in [2.75, 3.05) is 6.54 Å². The van der Waals surface area contributed by atoms with Gasteiger partial charge in [-0.25, -0.2) is 13.4 Å². The predicted octanol–water partition coefficient (Wildman–Crippen LogP) is 0.202. The topological polar surface area (TPSA) is 103 Å². The number of hydrogen-bond donors (Lipinski definition) is 2. The monoisotopic (exact) mass is 273 g/mol. The zero-order valence-electron chi connectivity index (χ0n) is 10.1. The summed E-state index contributed by atoms with van der Waals surface area (Å²) in [6.07, 6.45) is 1.76. The van der Waals surface area contributed by atoms with Crippen LogP contribution in [-0.2, 0) is 14.8 Å². The predicted molar refractivity (Wildman–Crippen MR) is 62.4 cm³/mol. The average Bonchev–Trinajstić information content (AvgIpc) is 2.84. The highest BCUT2D eigenvalue weighted by molar-refractivity contribution is 7.89. The van der Waals surface area contributed by atoms with E-state index in [1.54, 1.807) is 13.8 Å². The van der Waals surface area contributed by atoms with Crippen LogP contribution in [0.25, 0.3) is 0 Å². The molecule has 0 bridgehead atoms. The molecule has 1 aromatic rings. The summed E-state index contributed by atoms with van der Waals surface area (Å²) >= 11 is 0. The maximum Gasteiger partial charge on any atom is 0.322 e. The Hall–Kier alpha value is -1.41. The summed E-state index contributed by atoms with van der Waals surface area (Å²) in [5, 5.41) is 9.08. The van der Waals surface area contributed by atoms with Crippen molar-refractivity contribution >= 4 is 16.0 Å². The molecule has 2 rings (SSSR count). The van der Waals surface area contributed by atoms with E-state index < -0.39 is 22.0 Å². The van der Waals surface area contributed by atoms with Gasteiger partial charge in [-0.05, 0) is 19.3 Å². The molecule has 18 heavy (non-hydrogen) atoms. The van der Waals surface area contributed by atoms with Gasteiger partial charge in [0.15, 0.2) is 5.03 Å². The van der Waals surface area contributed by atoms with Crippen LogP contribution in [0.15, 0.2) is 11.2 Å². The number of nitrogens with one attached hydrogen (secondary N) is 1. The smallest absolute Gasteiger partial charge is 0.322 e. The summed E-state index contributed by atoms with van der Waals surface area (Å²) in [6, 6.07) is -1.00. The summed E-state index contributed by atoms with van der Waals surface area (Å²) in [6.45, 7) is 3.60. The van der Waals surface area contributed by atoms with Gasteiger partial charge in [0.25, 0.3) is 10.0 Å². The lowest BCUT2D eigenvalue weighted by atomic mass is 10.0. The lowest BCUT2D eigenvalue weighted by Gasteiger charge is -2.21. The van der Waals surface area contributed by atoms with Crippen LogP contribution in [0.1, 0.15) is 19.2 Å². The molecule has 8 heteroatoms. The van der Waals surface area contributed by atoms with Crippen molar-refractivity contribution in [3.8, 4) is 0 Å². The SMILES string of the molecule is Cc1ncc(S(=O)(=O)N2CCC(C)C2C(=O)O)[nH]1. The summed E-state index contributed by atoms with van der Waals surface area (Å²) in [7, 11) is -3.81. The number of nitrogens with zero attached hydrogens (tertiary/aromatic N) is 2. The molecule has 2 heterocycles. The highest BCUT2D eigenvalue weighted by Gasteiger charge is 2.44. The highest BCUT2D eigenvalue weighted by atomic mass is 32.2. The van der Waals surface area contributed by atoms with Crippen LogP contribution < -0.4 is 0 Å². The van der Waals surface area contributed by atoms with Gasteiger partial charge in [0.2, 0.25) is 0 Å². The molecule has 2 N–H and O–H groups in total. The van der Waals surface area contributed by atoms with Crippen LogP contribution in [0.5, 0.6) is 0 Å². The van der Waals surface area contributed by atoms with Gasteiger partial charge in [-0.1, -0.05) is 6.92 Å². The quantitative estimate of drug-likeness (QED) is 0.819.